The molecule has 0 aromatic heterocycles. The highest BCUT2D eigenvalue weighted by molar-refractivity contribution is 9.10. The van der Waals surface area contributed by atoms with E-state index in [1.54, 1.807) is 0 Å². The molecule has 0 fully saturated rings. The van der Waals surface area contributed by atoms with E-state index >= 15 is 0 Å². The summed E-state index contributed by atoms with van der Waals surface area (Å²) in [6.45, 7) is 2.73. The molecule has 21 heavy (non-hydrogen) atoms. The number of hydrogen-bond donors (Lipinski definition) is 1. The maximum absolute atomic E-state index is 12.8. The molecule has 2 N–H and O–H groups in total. The summed E-state index contributed by atoms with van der Waals surface area (Å²) in [6, 6.07) is 11.6. The van der Waals surface area contributed by atoms with E-state index in [0.29, 0.717) is 11.3 Å². The third-order valence-electron chi connectivity index (χ3n) is 3.76. The van der Waals surface area contributed by atoms with Crippen molar-refractivity contribution in [3.63, 3.8) is 0 Å². The monoisotopic (exact) mass is 344 g/mol. The fourth-order valence-corrected chi connectivity index (χ4v) is 3.43. The highest BCUT2D eigenvalue weighted by Gasteiger charge is 2.24. The topological polar surface area (TPSA) is 46.3 Å². The van der Waals surface area contributed by atoms with Crippen LogP contribution < -0.4 is 10.6 Å². The normalized spacial score (nSPS) is 13.9. The number of nitrogens with two attached hydrogens (primary N) is 1. The van der Waals surface area contributed by atoms with Gasteiger partial charge in [0.1, 0.15) is 0 Å². The minimum absolute atomic E-state index is 0.0333. The summed E-state index contributed by atoms with van der Waals surface area (Å²) < 4.78 is 0.927. The number of hydrogen-bond acceptors (Lipinski definition) is 2. The van der Waals surface area contributed by atoms with Crippen LogP contribution in [0.25, 0.3) is 0 Å². The Morgan fingerprint density at radius 2 is 2.05 bits per heavy atom. The van der Waals surface area contributed by atoms with Crippen molar-refractivity contribution < 1.29 is 4.79 Å². The Balaban J connectivity index is 2.01. The van der Waals surface area contributed by atoms with Gasteiger partial charge in [-0.3, -0.25) is 4.79 Å². The summed E-state index contributed by atoms with van der Waals surface area (Å²) in [5, 5.41) is 0. The van der Waals surface area contributed by atoms with E-state index in [1.165, 1.54) is 5.56 Å². The van der Waals surface area contributed by atoms with Crippen molar-refractivity contribution in [3.8, 4) is 0 Å². The van der Waals surface area contributed by atoms with Crippen molar-refractivity contribution in [1.82, 2.24) is 0 Å². The Kier molecular flexibility index (Phi) is 3.72. The van der Waals surface area contributed by atoms with Gasteiger partial charge in [0.25, 0.3) is 5.91 Å². The molecule has 3 rings (SSSR count). The number of amides is 1. The highest BCUT2D eigenvalue weighted by Crippen LogP contribution is 2.30. The predicted molar refractivity (Wildman–Crippen MR) is 89.7 cm³/mol. The average Bonchev–Trinajstić information content (AvgIpc) is 2.44. The summed E-state index contributed by atoms with van der Waals surface area (Å²) in [5.41, 5.74) is 10.5. The lowest BCUT2D eigenvalue weighted by atomic mass is 10.00. The van der Waals surface area contributed by atoms with E-state index in [-0.39, 0.29) is 5.91 Å². The molecule has 1 aliphatic heterocycles. The largest absolute Gasteiger partial charge is 0.399 e. The average molecular weight is 345 g/mol. The molecule has 1 aliphatic rings. The van der Waals surface area contributed by atoms with E-state index < -0.39 is 0 Å². The summed E-state index contributed by atoms with van der Waals surface area (Å²) in [7, 11) is 0. The van der Waals surface area contributed by atoms with Crippen molar-refractivity contribution in [2.24, 2.45) is 0 Å². The molecule has 0 saturated heterocycles. The fraction of sp³-hybridized carbons (Fsp3) is 0.235. The minimum Gasteiger partial charge on any atom is -0.399 e. The molecule has 4 heteroatoms. The standard InChI is InChI=1S/C17H17BrN2O/c1-11-7-13(9-14(18)8-11)17(21)20-6-2-3-12-4-5-15(19)10-16(12)20/h4-5,7-10H,2-3,6,19H2,1H3. The van der Waals surface area contributed by atoms with Crippen LogP contribution in [0.5, 0.6) is 0 Å². The number of benzene rings is 2. The molecular formula is C17H17BrN2O. The third kappa shape index (κ3) is 2.81. The van der Waals surface area contributed by atoms with Crippen molar-refractivity contribution in [2.75, 3.05) is 17.2 Å². The van der Waals surface area contributed by atoms with Crippen LogP contribution in [-0.4, -0.2) is 12.5 Å². The second-order valence-corrected chi connectivity index (χ2v) is 6.38. The molecule has 0 aliphatic carbocycles. The molecule has 3 nitrogen and oxygen atoms in total. The zero-order valence-electron chi connectivity index (χ0n) is 11.9. The molecule has 2 aromatic carbocycles. The Bertz CT molecular complexity index is 692. The van der Waals surface area contributed by atoms with Gasteiger partial charge >= 0.3 is 0 Å². The highest BCUT2D eigenvalue weighted by atomic mass is 79.9. The van der Waals surface area contributed by atoms with Gasteiger partial charge in [0.05, 0.1) is 0 Å². The Labute approximate surface area is 132 Å². The number of fused-ring (bicyclic) bond motifs is 1. The number of halogens is 1. The van der Waals surface area contributed by atoms with Crippen LogP contribution in [0, 0.1) is 6.92 Å². The second kappa shape index (κ2) is 5.53. The zero-order chi connectivity index (χ0) is 15.0. The number of rotatable bonds is 1. The first kappa shape index (κ1) is 14.1. The van der Waals surface area contributed by atoms with Gasteiger partial charge < -0.3 is 10.6 Å². The number of nitrogens with zero attached hydrogens (tertiary/aromatic N) is 1. The Morgan fingerprint density at radius 3 is 2.81 bits per heavy atom. The first-order valence-corrected chi connectivity index (χ1v) is 7.81. The van der Waals surface area contributed by atoms with Crippen LogP contribution >= 0.6 is 15.9 Å². The number of carbonyl (C=O) groups is 1. The molecule has 0 atom stereocenters. The van der Waals surface area contributed by atoms with Crippen molar-refractivity contribution in [3.05, 3.63) is 57.6 Å². The molecule has 1 amide bonds. The first-order chi connectivity index (χ1) is 10.0. The van der Waals surface area contributed by atoms with Gasteiger partial charge in [-0.1, -0.05) is 22.0 Å². The van der Waals surface area contributed by atoms with E-state index in [9.17, 15) is 4.79 Å². The minimum atomic E-state index is 0.0333. The summed E-state index contributed by atoms with van der Waals surface area (Å²) >= 11 is 3.46. The molecule has 0 unspecified atom stereocenters. The summed E-state index contributed by atoms with van der Waals surface area (Å²) in [6.07, 6.45) is 1.98. The van der Waals surface area contributed by atoms with Crippen LogP contribution in [0.3, 0.4) is 0 Å². The molecule has 0 spiro atoms. The number of aryl methyl sites for hydroxylation is 2. The van der Waals surface area contributed by atoms with Crippen molar-refractivity contribution >= 4 is 33.2 Å². The zero-order valence-corrected chi connectivity index (χ0v) is 13.5. The van der Waals surface area contributed by atoms with Crippen LogP contribution in [0.1, 0.15) is 27.9 Å². The van der Waals surface area contributed by atoms with Gasteiger partial charge in [-0.15, -0.1) is 0 Å². The number of carbonyl (C=O) groups excluding carboxylic acids is 1. The van der Waals surface area contributed by atoms with Crippen LogP contribution in [-0.2, 0) is 6.42 Å². The van der Waals surface area contributed by atoms with Gasteiger partial charge in [-0.05, 0) is 61.2 Å². The van der Waals surface area contributed by atoms with E-state index in [2.05, 4.69) is 15.9 Å². The number of anilines is 2. The van der Waals surface area contributed by atoms with E-state index in [1.807, 2.05) is 48.2 Å². The SMILES string of the molecule is Cc1cc(Br)cc(C(=O)N2CCCc3ccc(N)cc32)c1. The van der Waals surface area contributed by atoms with Crippen LogP contribution in [0.2, 0.25) is 0 Å². The number of nitrogen functional groups attached to an aromatic ring is 1. The quantitative estimate of drug-likeness (QED) is 0.796. The lowest BCUT2D eigenvalue weighted by Gasteiger charge is -2.30. The summed E-state index contributed by atoms with van der Waals surface area (Å²) in [5.74, 6) is 0.0333. The fourth-order valence-electron chi connectivity index (χ4n) is 2.82. The van der Waals surface area contributed by atoms with Gasteiger partial charge in [-0.25, -0.2) is 0 Å². The lowest BCUT2D eigenvalue weighted by Crippen LogP contribution is -2.35. The van der Waals surface area contributed by atoms with E-state index in [0.717, 1.165) is 35.1 Å². The van der Waals surface area contributed by atoms with Gasteiger partial charge in [0, 0.05) is 28.0 Å². The maximum Gasteiger partial charge on any atom is 0.258 e. The molecule has 0 bridgehead atoms. The second-order valence-electron chi connectivity index (χ2n) is 5.47. The lowest BCUT2D eigenvalue weighted by molar-refractivity contribution is 0.0985. The molecule has 108 valence electrons. The summed E-state index contributed by atoms with van der Waals surface area (Å²) in [4.78, 5) is 14.7. The smallest absolute Gasteiger partial charge is 0.258 e. The van der Waals surface area contributed by atoms with E-state index in [4.69, 9.17) is 5.73 Å². The molecule has 1 heterocycles. The Hall–Kier alpha value is -1.81. The maximum atomic E-state index is 12.8. The van der Waals surface area contributed by atoms with Gasteiger partial charge in [0.2, 0.25) is 0 Å². The predicted octanol–water partition coefficient (Wildman–Crippen LogP) is 3.93. The third-order valence-corrected chi connectivity index (χ3v) is 4.22. The Morgan fingerprint density at radius 1 is 1.24 bits per heavy atom. The van der Waals surface area contributed by atoms with Gasteiger partial charge in [0.15, 0.2) is 0 Å². The molecule has 0 radical (unpaired) electrons. The molecule has 2 aromatic rings. The van der Waals surface area contributed by atoms with Crippen molar-refractivity contribution in [2.45, 2.75) is 19.8 Å². The first-order valence-electron chi connectivity index (χ1n) is 7.02. The van der Waals surface area contributed by atoms with Gasteiger partial charge in [-0.2, -0.15) is 0 Å². The molecular weight excluding hydrogens is 328 g/mol. The molecule has 0 saturated carbocycles. The van der Waals surface area contributed by atoms with Crippen molar-refractivity contribution in [1.29, 1.82) is 0 Å². The van der Waals surface area contributed by atoms with Crippen LogP contribution in [0.15, 0.2) is 40.9 Å². The van der Waals surface area contributed by atoms with Crippen LogP contribution in [0.4, 0.5) is 11.4 Å².